The maximum absolute atomic E-state index is 12.2. The molecule has 3 aliphatic carbocycles. The Hall–Kier alpha value is -1.37. The first kappa shape index (κ1) is 11.5. The van der Waals surface area contributed by atoms with E-state index >= 15 is 0 Å². The number of allylic oxidation sites excluding steroid dienone is 2. The SMILES string of the molecule is CCc1ccc2c(c1)C1(CC(=O)C2)CC2=CCC1C2. The molecule has 1 heteroatoms. The fourth-order valence-corrected chi connectivity index (χ4v) is 4.61. The molecule has 2 bridgehead atoms. The number of rotatable bonds is 1. The van der Waals surface area contributed by atoms with E-state index in [1.807, 2.05) is 0 Å². The van der Waals surface area contributed by atoms with Crippen LogP contribution < -0.4 is 0 Å². The zero-order chi connectivity index (χ0) is 13.0. The fraction of sp³-hybridized carbons (Fsp3) is 0.500. The van der Waals surface area contributed by atoms with Gasteiger partial charge in [0.1, 0.15) is 5.78 Å². The van der Waals surface area contributed by atoms with E-state index in [9.17, 15) is 4.79 Å². The van der Waals surface area contributed by atoms with Crippen LogP contribution in [0, 0.1) is 5.92 Å². The third-order valence-electron chi connectivity index (χ3n) is 5.54. The predicted octanol–water partition coefficient (Wildman–Crippen LogP) is 3.74. The lowest BCUT2D eigenvalue weighted by Gasteiger charge is -2.41. The highest BCUT2D eigenvalue weighted by Crippen LogP contribution is 2.58. The van der Waals surface area contributed by atoms with E-state index in [1.165, 1.54) is 29.5 Å². The molecule has 0 heterocycles. The second-order valence-electron chi connectivity index (χ2n) is 6.57. The first-order chi connectivity index (χ1) is 9.21. The zero-order valence-electron chi connectivity index (χ0n) is 11.5. The van der Waals surface area contributed by atoms with Crippen molar-refractivity contribution >= 4 is 5.78 Å². The van der Waals surface area contributed by atoms with Crippen LogP contribution in [0.2, 0.25) is 0 Å². The van der Waals surface area contributed by atoms with Crippen molar-refractivity contribution in [1.29, 1.82) is 0 Å². The highest BCUT2D eigenvalue weighted by molar-refractivity contribution is 5.85. The van der Waals surface area contributed by atoms with Gasteiger partial charge in [-0.3, -0.25) is 4.79 Å². The second kappa shape index (κ2) is 3.82. The molecule has 1 saturated carbocycles. The molecular formula is C18H20O. The summed E-state index contributed by atoms with van der Waals surface area (Å²) < 4.78 is 0. The van der Waals surface area contributed by atoms with E-state index in [-0.39, 0.29) is 5.41 Å². The molecule has 0 saturated heterocycles. The maximum Gasteiger partial charge on any atom is 0.138 e. The minimum atomic E-state index is 0.167. The molecule has 2 atom stereocenters. The van der Waals surface area contributed by atoms with Gasteiger partial charge in [0, 0.05) is 18.3 Å². The molecule has 0 aromatic heterocycles. The molecule has 0 amide bonds. The number of Topliss-reactive ketones (excluding diaryl/α,β-unsaturated/α-hetero) is 1. The Kier molecular flexibility index (Phi) is 2.30. The molecule has 1 fully saturated rings. The minimum Gasteiger partial charge on any atom is -0.299 e. The molecule has 98 valence electrons. The van der Waals surface area contributed by atoms with Gasteiger partial charge >= 0.3 is 0 Å². The summed E-state index contributed by atoms with van der Waals surface area (Å²) in [5.74, 6) is 1.14. The standard InChI is InChI=1S/C18H20O/c1-2-12-3-5-14-9-16(19)11-18(17(14)8-12)10-13-4-6-15(18)7-13/h3-5,8,15H,2,6-7,9-11H2,1H3. The summed E-state index contributed by atoms with van der Waals surface area (Å²) in [6, 6.07) is 6.83. The molecule has 1 spiro atoms. The van der Waals surface area contributed by atoms with Crippen LogP contribution in [0.15, 0.2) is 29.8 Å². The van der Waals surface area contributed by atoms with E-state index in [4.69, 9.17) is 0 Å². The molecule has 19 heavy (non-hydrogen) atoms. The third kappa shape index (κ3) is 1.51. The molecule has 3 aliphatic rings. The molecule has 0 radical (unpaired) electrons. The van der Waals surface area contributed by atoms with Crippen molar-refractivity contribution in [1.82, 2.24) is 0 Å². The van der Waals surface area contributed by atoms with Crippen LogP contribution in [0.1, 0.15) is 49.3 Å². The zero-order valence-corrected chi connectivity index (χ0v) is 11.5. The van der Waals surface area contributed by atoms with Crippen LogP contribution >= 0.6 is 0 Å². The molecule has 2 unspecified atom stereocenters. The highest BCUT2D eigenvalue weighted by atomic mass is 16.1. The number of carbonyl (C=O) groups is 1. The topological polar surface area (TPSA) is 17.1 Å². The lowest BCUT2D eigenvalue weighted by Crippen LogP contribution is -2.39. The Morgan fingerprint density at radius 2 is 2.21 bits per heavy atom. The van der Waals surface area contributed by atoms with Crippen LogP contribution in [0.3, 0.4) is 0 Å². The summed E-state index contributed by atoms with van der Waals surface area (Å²) in [6.45, 7) is 2.21. The highest BCUT2D eigenvalue weighted by Gasteiger charge is 2.51. The lowest BCUT2D eigenvalue weighted by molar-refractivity contribution is -0.120. The Morgan fingerprint density at radius 1 is 1.32 bits per heavy atom. The number of carbonyl (C=O) groups excluding carboxylic acids is 1. The number of hydrogen-bond acceptors (Lipinski definition) is 1. The van der Waals surface area contributed by atoms with Gasteiger partial charge in [-0.1, -0.05) is 36.8 Å². The first-order valence-electron chi connectivity index (χ1n) is 7.53. The number of aryl methyl sites for hydroxylation is 1. The van der Waals surface area contributed by atoms with Gasteiger partial charge in [-0.25, -0.2) is 0 Å². The summed E-state index contributed by atoms with van der Waals surface area (Å²) in [7, 11) is 0. The molecular weight excluding hydrogens is 232 g/mol. The summed E-state index contributed by atoms with van der Waals surface area (Å²) in [4.78, 5) is 12.2. The lowest BCUT2D eigenvalue weighted by atomic mass is 9.62. The molecule has 0 N–H and O–H groups in total. The Bertz CT molecular complexity index is 596. The van der Waals surface area contributed by atoms with Gasteiger partial charge in [-0.15, -0.1) is 0 Å². The Morgan fingerprint density at radius 3 is 2.89 bits per heavy atom. The smallest absolute Gasteiger partial charge is 0.138 e. The summed E-state index contributed by atoms with van der Waals surface area (Å²) in [5, 5.41) is 0. The number of benzene rings is 1. The van der Waals surface area contributed by atoms with Crippen molar-refractivity contribution in [3.63, 3.8) is 0 Å². The molecule has 1 aromatic rings. The Balaban J connectivity index is 1.90. The van der Waals surface area contributed by atoms with Crippen molar-refractivity contribution in [3.8, 4) is 0 Å². The van der Waals surface area contributed by atoms with Crippen LogP contribution in [0.25, 0.3) is 0 Å². The van der Waals surface area contributed by atoms with Gasteiger partial charge in [0.05, 0.1) is 0 Å². The summed E-state index contributed by atoms with van der Waals surface area (Å²) >= 11 is 0. The van der Waals surface area contributed by atoms with Gasteiger partial charge < -0.3 is 0 Å². The van der Waals surface area contributed by atoms with Crippen molar-refractivity contribution in [2.45, 2.75) is 50.9 Å². The number of hydrogen-bond donors (Lipinski definition) is 0. The largest absolute Gasteiger partial charge is 0.299 e. The van der Waals surface area contributed by atoms with Crippen LogP contribution in [-0.4, -0.2) is 5.78 Å². The van der Waals surface area contributed by atoms with Gasteiger partial charge in [0.15, 0.2) is 0 Å². The van der Waals surface area contributed by atoms with Crippen LogP contribution in [-0.2, 0) is 23.1 Å². The summed E-state index contributed by atoms with van der Waals surface area (Å²) in [6.07, 6.45) is 8.52. The fourth-order valence-electron chi connectivity index (χ4n) is 4.61. The number of ketones is 1. The van der Waals surface area contributed by atoms with Crippen LogP contribution in [0.5, 0.6) is 0 Å². The van der Waals surface area contributed by atoms with Gasteiger partial charge in [-0.05, 0) is 48.3 Å². The Labute approximate surface area is 114 Å². The third-order valence-corrected chi connectivity index (χ3v) is 5.54. The second-order valence-corrected chi connectivity index (χ2v) is 6.57. The summed E-state index contributed by atoms with van der Waals surface area (Å²) in [5.41, 5.74) is 6.01. The molecule has 0 aliphatic heterocycles. The monoisotopic (exact) mass is 252 g/mol. The van der Waals surface area contributed by atoms with Crippen molar-refractivity contribution in [2.75, 3.05) is 0 Å². The molecule has 4 rings (SSSR count). The van der Waals surface area contributed by atoms with Crippen molar-refractivity contribution in [2.24, 2.45) is 5.92 Å². The normalized spacial score (nSPS) is 31.7. The van der Waals surface area contributed by atoms with E-state index < -0.39 is 0 Å². The predicted molar refractivity (Wildman–Crippen MR) is 76.3 cm³/mol. The maximum atomic E-state index is 12.2. The number of fused-ring (bicyclic) bond motifs is 5. The average molecular weight is 252 g/mol. The van der Waals surface area contributed by atoms with E-state index in [0.29, 0.717) is 18.1 Å². The molecule has 1 nitrogen and oxygen atoms in total. The van der Waals surface area contributed by atoms with Gasteiger partial charge in [0.2, 0.25) is 0 Å². The van der Waals surface area contributed by atoms with Gasteiger partial charge in [0.25, 0.3) is 0 Å². The average Bonchev–Trinajstić information content (AvgIpc) is 2.99. The first-order valence-corrected chi connectivity index (χ1v) is 7.53. The van der Waals surface area contributed by atoms with E-state index in [1.54, 1.807) is 5.57 Å². The van der Waals surface area contributed by atoms with Gasteiger partial charge in [-0.2, -0.15) is 0 Å². The van der Waals surface area contributed by atoms with Crippen molar-refractivity contribution in [3.05, 3.63) is 46.5 Å². The minimum absolute atomic E-state index is 0.167. The van der Waals surface area contributed by atoms with Crippen LogP contribution in [0.4, 0.5) is 0 Å². The van der Waals surface area contributed by atoms with Crippen molar-refractivity contribution < 1.29 is 4.79 Å². The molecule has 1 aromatic carbocycles. The van der Waals surface area contributed by atoms with E-state index in [0.717, 1.165) is 19.3 Å². The quantitative estimate of drug-likeness (QED) is 0.696. The van der Waals surface area contributed by atoms with E-state index in [2.05, 4.69) is 31.2 Å².